The topological polar surface area (TPSA) is 26.3 Å². The Hall–Kier alpha value is -0.680. The van der Waals surface area contributed by atoms with E-state index in [2.05, 4.69) is 5.92 Å². The molecule has 0 unspecified atom stereocenters. The van der Waals surface area contributed by atoms with E-state index in [-0.39, 0.29) is 11.4 Å². The molecule has 0 heterocycles. The van der Waals surface area contributed by atoms with Gasteiger partial charge in [-0.3, -0.25) is 4.79 Å². The van der Waals surface area contributed by atoms with Crippen LogP contribution in [0.3, 0.4) is 0 Å². The predicted molar refractivity (Wildman–Crippen MR) is 51.4 cm³/mol. The molecule has 3 heteroatoms. The van der Waals surface area contributed by atoms with Crippen LogP contribution in [0.5, 0.6) is 0 Å². The maximum Gasteiger partial charge on any atom is 0.306 e. The van der Waals surface area contributed by atoms with Gasteiger partial charge < -0.3 is 4.74 Å². The monoisotopic (exact) mass is 200 g/mol. The number of hydrogen-bond acceptors (Lipinski definition) is 2. The summed E-state index contributed by atoms with van der Waals surface area (Å²) in [6.45, 7) is 0.458. The number of alkyl halides is 1. The molecule has 13 heavy (non-hydrogen) atoms. The first-order valence-corrected chi connectivity index (χ1v) is 4.91. The molecule has 0 aromatic rings. The van der Waals surface area contributed by atoms with Crippen molar-refractivity contribution in [2.24, 2.45) is 5.41 Å². The molecule has 0 bridgehead atoms. The maximum atomic E-state index is 11.0. The van der Waals surface area contributed by atoms with E-state index in [9.17, 15) is 4.79 Å². The molecular formula is C10H13ClO2. The molecule has 0 aliphatic heterocycles. The summed E-state index contributed by atoms with van der Waals surface area (Å²) in [7, 11) is 0. The molecule has 0 radical (unpaired) electrons. The zero-order valence-corrected chi connectivity index (χ0v) is 8.27. The highest BCUT2D eigenvalue weighted by molar-refractivity contribution is 6.18. The van der Waals surface area contributed by atoms with E-state index in [1.165, 1.54) is 0 Å². The van der Waals surface area contributed by atoms with Crippen molar-refractivity contribution in [1.29, 1.82) is 0 Å². The molecule has 0 N–H and O–H groups in total. The van der Waals surface area contributed by atoms with Crippen molar-refractivity contribution >= 4 is 17.6 Å². The highest BCUT2D eigenvalue weighted by atomic mass is 35.5. The average molecular weight is 201 g/mol. The lowest BCUT2D eigenvalue weighted by atomic mass is 10.2. The normalized spacial score (nSPS) is 17.5. The van der Waals surface area contributed by atoms with Crippen LogP contribution in [0, 0.1) is 17.8 Å². The van der Waals surface area contributed by atoms with Gasteiger partial charge >= 0.3 is 5.97 Å². The van der Waals surface area contributed by atoms with Gasteiger partial charge in [-0.2, -0.15) is 0 Å². The fourth-order valence-corrected chi connectivity index (χ4v) is 1.32. The van der Waals surface area contributed by atoms with Gasteiger partial charge in [-0.15, -0.1) is 23.9 Å². The van der Waals surface area contributed by atoms with Crippen molar-refractivity contribution in [3.05, 3.63) is 0 Å². The smallest absolute Gasteiger partial charge is 0.306 e. The third-order valence-corrected chi connectivity index (χ3v) is 2.82. The van der Waals surface area contributed by atoms with Crippen molar-refractivity contribution in [3.8, 4) is 12.3 Å². The zero-order chi connectivity index (χ0) is 9.73. The van der Waals surface area contributed by atoms with Crippen LogP contribution >= 0.6 is 11.6 Å². The minimum Gasteiger partial charge on any atom is -0.465 e. The average Bonchev–Trinajstić information content (AvgIpc) is 2.92. The van der Waals surface area contributed by atoms with Gasteiger partial charge in [0, 0.05) is 17.7 Å². The van der Waals surface area contributed by atoms with Gasteiger partial charge in [0.1, 0.15) is 0 Å². The molecule has 72 valence electrons. The molecule has 2 nitrogen and oxygen atoms in total. The van der Waals surface area contributed by atoms with Crippen LogP contribution in [0.1, 0.15) is 25.7 Å². The summed E-state index contributed by atoms with van der Waals surface area (Å²) in [5.74, 6) is 2.76. The highest BCUT2D eigenvalue weighted by Crippen LogP contribution is 2.46. The fraction of sp³-hybridized carbons (Fsp3) is 0.700. The second-order valence-electron chi connectivity index (χ2n) is 3.50. The van der Waals surface area contributed by atoms with E-state index >= 15 is 0 Å². The van der Waals surface area contributed by atoms with Gasteiger partial charge in [0.2, 0.25) is 0 Å². The maximum absolute atomic E-state index is 11.0. The molecule has 0 saturated heterocycles. The lowest BCUT2D eigenvalue weighted by Gasteiger charge is -2.10. The Labute approximate surface area is 83.6 Å². The number of carbonyl (C=O) groups excluding carboxylic acids is 1. The van der Waals surface area contributed by atoms with Crippen molar-refractivity contribution in [1.82, 2.24) is 0 Å². The largest absolute Gasteiger partial charge is 0.465 e. The summed E-state index contributed by atoms with van der Waals surface area (Å²) >= 11 is 5.72. The Kier molecular flexibility index (Phi) is 3.62. The molecule has 1 aliphatic rings. The lowest BCUT2D eigenvalue weighted by Crippen LogP contribution is -2.16. The van der Waals surface area contributed by atoms with Gasteiger partial charge in [0.25, 0.3) is 0 Å². The van der Waals surface area contributed by atoms with E-state index in [0.717, 1.165) is 12.8 Å². The van der Waals surface area contributed by atoms with Crippen LogP contribution in [0.25, 0.3) is 0 Å². The number of carbonyl (C=O) groups is 1. The summed E-state index contributed by atoms with van der Waals surface area (Å²) < 4.78 is 5.04. The van der Waals surface area contributed by atoms with Gasteiger partial charge in [0.05, 0.1) is 13.0 Å². The van der Waals surface area contributed by atoms with Crippen LogP contribution in [-0.4, -0.2) is 18.5 Å². The summed E-state index contributed by atoms with van der Waals surface area (Å²) in [4.78, 5) is 11.0. The third kappa shape index (κ3) is 3.28. The van der Waals surface area contributed by atoms with Crippen molar-refractivity contribution in [2.45, 2.75) is 25.7 Å². The standard InChI is InChI=1S/C10H13ClO2/c1-2-3-4-9(12)13-8-10(7-11)5-6-10/h1H,3-8H2. The second kappa shape index (κ2) is 4.53. The molecule has 0 atom stereocenters. The minimum atomic E-state index is -0.214. The first-order chi connectivity index (χ1) is 6.22. The molecule has 1 fully saturated rings. The molecule has 1 rings (SSSR count). The number of ether oxygens (including phenoxy) is 1. The van der Waals surface area contributed by atoms with E-state index in [4.69, 9.17) is 22.8 Å². The first-order valence-electron chi connectivity index (χ1n) is 4.37. The summed E-state index contributed by atoms with van der Waals surface area (Å²) in [6, 6.07) is 0. The van der Waals surface area contributed by atoms with Crippen LogP contribution in [0.4, 0.5) is 0 Å². The number of esters is 1. The summed E-state index contributed by atoms with van der Waals surface area (Å²) in [5, 5.41) is 0. The third-order valence-electron chi connectivity index (χ3n) is 2.25. The highest BCUT2D eigenvalue weighted by Gasteiger charge is 2.43. The first kappa shape index (κ1) is 10.4. The molecule has 1 saturated carbocycles. The Balaban J connectivity index is 2.12. The Morgan fingerprint density at radius 3 is 2.77 bits per heavy atom. The number of rotatable bonds is 5. The van der Waals surface area contributed by atoms with E-state index < -0.39 is 0 Å². The van der Waals surface area contributed by atoms with Crippen molar-refractivity contribution in [3.63, 3.8) is 0 Å². The van der Waals surface area contributed by atoms with Crippen LogP contribution in [-0.2, 0) is 9.53 Å². The number of halogens is 1. The quantitative estimate of drug-likeness (QED) is 0.385. The van der Waals surface area contributed by atoms with E-state index in [1.807, 2.05) is 0 Å². The Bertz CT molecular complexity index is 226. The molecule has 0 aromatic heterocycles. The van der Waals surface area contributed by atoms with E-state index in [0.29, 0.717) is 25.3 Å². The zero-order valence-electron chi connectivity index (χ0n) is 7.51. The minimum absolute atomic E-state index is 0.0906. The molecule has 0 amide bonds. The SMILES string of the molecule is C#CCCC(=O)OCC1(CCl)CC1. The molecule has 0 spiro atoms. The second-order valence-corrected chi connectivity index (χ2v) is 3.77. The fourth-order valence-electron chi connectivity index (χ4n) is 0.973. The number of hydrogen-bond donors (Lipinski definition) is 0. The summed E-state index contributed by atoms with van der Waals surface area (Å²) in [5.41, 5.74) is 0.0906. The van der Waals surface area contributed by atoms with E-state index in [1.54, 1.807) is 0 Å². The summed E-state index contributed by atoms with van der Waals surface area (Å²) in [6.07, 6.45) is 7.92. The number of terminal acetylenes is 1. The van der Waals surface area contributed by atoms with Crippen molar-refractivity contribution in [2.75, 3.05) is 12.5 Å². The van der Waals surface area contributed by atoms with Gasteiger partial charge in [-0.1, -0.05) is 0 Å². The van der Waals surface area contributed by atoms with Gasteiger partial charge in [-0.05, 0) is 12.8 Å². The van der Waals surface area contributed by atoms with Gasteiger partial charge in [-0.25, -0.2) is 0 Å². The Morgan fingerprint density at radius 2 is 2.31 bits per heavy atom. The predicted octanol–water partition coefficient (Wildman–Crippen LogP) is 1.96. The van der Waals surface area contributed by atoms with Crippen LogP contribution in [0.15, 0.2) is 0 Å². The van der Waals surface area contributed by atoms with Crippen LogP contribution in [0.2, 0.25) is 0 Å². The molecule has 0 aromatic carbocycles. The molecular weight excluding hydrogens is 188 g/mol. The van der Waals surface area contributed by atoms with Crippen molar-refractivity contribution < 1.29 is 9.53 Å². The van der Waals surface area contributed by atoms with Gasteiger partial charge in [0.15, 0.2) is 0 Å². The Morgan fingerprint density at radius 1 is 1.62 bits per heavy atom. The molecule has 1 aliphatic carbocycles. The lowest BCUT2D eigenvalue weighted by molar-refractivity contribution is -0.145. The van der Waals surface area contributed by atoms with Crippen LogP contribution < -0.4 is 0 Å².